The minimum absolute atomic E-state index is 0.0743. The largest absolute Gasteiger partial charge is 0.416 e. The molecule has 2 aromatic carbocycles. The molecule has 0 aliphatic carbocycles. The van der Waals surface area contributed by atoms with E-state index in [0.717, 1.165) is 34.9 Å². The van der Waals surface area contributed by atoms with Gasteiger partial charge in [0.1, 0.15) is 0 Å². The van der Waals surface area contributed by atoms with Crippen molar-refractivity contribution in [1.29, 1.82) is 5.41 Å². The molecule has 1 N–H and O–H groups in total. The second-order valence-electron chi connectivity index (χ2n) is 5.46. The van der Waals surface area contributed by atoms with Gasteiger partial charge in [-0.15, -0.1) is 0 Å². The summed E-state index contributed by atoms with van der Waals surface area (Å²) in [5, 5.41) is 18.5. The number of hydrogen-bond acceptors (Lipinski definition) is 5. The number of amides is 1. The van der Waals surface area contributed by atoms with Gasteiger partial charge in [-0.25, -0.2) is 0 Å². The first kappa shape index (κ1) is 18.6. The van der Waals surface area contributed by atoms with Crippen LogP contribution in [0.3, 0.4) is 0 Å². The molecule has 0 aromatic heterocycles. The van der Waals surface area contributed by atoms with Gasteiger partial charge in [-0.3, -0.25) is 25.2 Å². The molecule has 1 saturated heterocycles. The second-order valence-corrected chi connectivity index (χ2v) is 6.49. The first-order valence-electron chi connectivity index (χ1n) is 7.41. The SMILES string of the molecule is N=C1SC(=Cc2cccc([N+](=O)[O-])c2)C(=O)N1c1cccc(C(F)(F)F)c1. The van der Waals surface area contributed by atoms with Gasteiger partial charge in [0.15, 0.2) is 5.17 Å². The smallest absolute Gasteiger partial charge is 0.278 e. The van der Waals surface area contributed by atoms with Crippen molar-refractivity contribution >= 4 is 40.3 Å². The van der Waals surface area contributed by atoms with Crippen molar-refractivity contribution in [2.45, 2.75) is 6.18 Å². The maximum atomic E-state index is 12.9. The van der Waals surface area contributed by atoms with E-state index in [-0.39, 0.29) is 21.4 Å². The van der Waals surface area contributed by atoms with Crippen molar-refractivity contribution in [3.8, 4) is 0 Å². The molecule has 138 valence electrons. The Morgan fingerprint density at radius 1 is 1.15 bits per heavy atom. The molecule has 0 atom stereocenters. The van der Waals surface area contributed by atoms with Crippen LogP contribution in [-0.4, -0.2) is 16.0 Å². The van der Waals surface area contributed by atoms with Crippen LogP contribution >= 0.6 is 11.8 Å². The summed E-state index contributed by atoms with van der Waals surface area (Å²) in [5.74, 6) is -0.671. The van der Waals surface area contributed by atoms with Crippen LogP contribution in [0.2, 0.25) is 0 Å². The normalized spacial score (nSPS) is 16.3. The van der Waals surface area contributed by atoms with Gasteiger partial charge >= 0.3 is 6.18 Å². The monoisotopic (exact) mass is 393 g/mol. The lowest BCUT2D eigenvalue weighted by atomic mass is 10.1. The number of nitro benzene ring substituents is 1. The summed E-state index contributed by atoms with van der Waals surface area (Å²) >= 11 is 0.769. The lowest BCUT2D eigenvalue weighted by Gasteiger charge is -2.16. The van der Waals surface area contributed by atoms with E-state index in [1.54, 1.807) is 6.07 Å². The van der Waals surface area contributed by atoms with Crippen LogP contribution in [0.4, 0.5) is 24.5 Å². The molecule has 27 heavy (non-hydrogen) atoms. The van der Waals surface area contributed by atoms with Gasteiger partial charge in [-0.1, -0.05) is 18.2 Å². The highest BCUT2D eigenvalue weighted by atomic mass is 32.2. The van der Waals surface area contributed by atoms with E-state index >= 15 is 0 Å². The fourth-order valence-corrected chi connectivity index (χ4v) is 3.28. The molecule has 1 aliphatic heterocycles. The Balaban J connectivity index is 1.94. The summed E-state index contributed by atoms with van der Waals surface area (Å²) in [6.45, 7) is 0. The number of amidine groups is 1. The maximum Gasteiger partial charge on any atom is 0.416 e. The molecule has 0 bridgehead atoms. The number of carbonyl (C=O) groups excluding carboxylic acids is 1. The van der Waals surface area contributed by atoms with Gasteiger partial charge in [-0.05, 0) is 41.6 Å². The lowest BCUT2D eigenvalue weighted by Crippen LogP contribution is -2.28. The first-order chi connectivity index (χ1) is 12.7. The molecule has 0 unspecified atom stereocenters. The van der Waals surface area contributed by atoms with E-state index in [9.17, 15) is 28.1 Å². The van der Waals surface area contributed by atoms with E-state index in [2.05, 4.69) is 0 Å². The van der Waals surface area contributed by atoms with Crippen molar-refractivity contribution in [3.05, 3.63) is 74.7 Å². The third-order valence-corrected chi connectivity index (χ3v) is 4.52. The Morgan fingerprint density at radius 2 is 1.85 bits per heavy atom. The van der Waals surface area contributed by atoms with Crippen LogP contribution in [0.15, 0.2) is 53.4 Å². The van der Waals surface area contributed by atoms with Crippen LogP contribution in [0.5, 0.6) is 0 Å². The van der Waals surface area contributed by atoms with E-state index < -0.39 is 22.6 Å². The van der Waals surface area contributed by atoms with Gasteiger partial charge in [0.2, 0.25) is 0 Å². The molecular formula is C17H10F3N3O3S. The van der Waals surface area contributed by atoms with Gasteiger partial charge in [0.05, 0.1) is 21.1 Å². The number of alkyl halides is 3. The summed E-state index contributed by atoms with van der Waals surface area (Å²) in [4.78, 5) is 23.8. The lowest BCUT2D eigenvalue weighted by molar-refractivity contribution is -0.384. The highest BCUT2D eigenvalue weighted by molar-refractivity contribution is 8.19. The fourth-order valence-electron chi connectivity index (χ4n) is 2.42. The van der Waals surface area contributed by atoms with Crippen molar-refractivity contribution in [2.75, 3.05) is 4.90 Å². The summed E-state index contributed by atoms with van der Waals surface area (Å²) in [7, 11) is 0. The molecule has 10 heteroatoms. The molecule has 1 heterocycles. The van der Waals surface area contributed by atoms with Crippen molar-refractivity contribution in [2.24, 2.45) is 0 Å². The number of halogens is 3. The van der Waals surface area contributed by atoms with Crippen LogP contribution in [0.25, 0.3) is 6.08 Å². The zero-order chi connectivity index (χ0) is 19.8. The molecule has 1 amide bonds. The number of nitrogens with zero attached hydrogens (tertiary/aromatic N) is 2. The topological polar surface area (TPSA) is 87.3 Å². The molecule has 1 aliphatic rings. The molecule has 3 rings (SSSR count). The molecule has 2 aromatic rings. The molecule has 0 saturated carbocycles. The summed E-state index contributed by atoms with van der Waals surface area (Å²) < 4.78 is 38.7. The molecular weight excluding hydrogens is 383 g/mol. The summed E-state index contributed by atoms with van der Waals surface area (Å²) in [5.41, 5.74) is -0.792. The fraction of sp³-hybridized carbons (Fsp3) is 0.0588. The van der Waals surface area contributed by atoms with Crippen LogP contribution in [0.1, 0.15) is 11.1 Å². The molecule has 6 nitrogen and oxygen atoms in total. The van der Waals surface area contributed by atoms with E-state index in [4.69, 9.17) is 5.41 Å². The summed E-state index contributed by atoms with van der Waals surface area (Å²) in [6, 6.07) is 9.68. The molecule has 1 fully saturated rings. The number of thioether (sulfide) groups is 1. The van der Waals surface area contributed by atoms with Gasteiger partial charge in [-0.2, -0.15) is 13.2 Å². The van der Waals surface area contributed by atoms with Crippen LogP contribution in [-0.2, 0) is 11.0 Å². The predicted octanol–water partition coefficient (Wildman–Crippen LogP) is 4.67. The standard InChI is InChI=1S/C17H10F3N3O3S/c18-17(19,20)11-4-2-5-12(9-11)22-15(24)14(27-16(22)21)8-10-3-1-6-13(7-10)23(25)26/h1-9,21H. The Bertz CT molecular complexity index is 989. The Morgan fingerprint density at radius 3 is 2.52 bits per heavy atom. The van der Waals surface area contributed by atoms with E-state index in [1.807, 2.05) is 0 Å². The molecule has 0 spiro atoms. The maximum absolute atomic E-state index is 12.9. The van der Waals surface area contributed by atoms with E-state index in [1.165, 1.54) is 30.3 Å². The van der Waals surface area contributed by atoms with Crippen molar-refractivity contribution in [3.63, 3.8) is 0 Å². The molecule has 0 radical (unpaired) electrons. The third kappa shape index (κ3) is 3.85. The predicted molar refractivity (Wildman–Crippen MR) is 95.3 cm³/mol. The van der Waals surface area contributed by atoms with Crippen molar-refractivity contribution in [1.82, 2.24) is 0 Å². The van der Waals surface area contributed by atoms with Gasteiger partial charge < -0.3 is 0 Å². The van der Waals surface area contributed by atoms with Crippen LogP contribution < -0.4 is 4.90 Å². The average molecular weight is 393 g/mol. The minimum Gasteiger partial charge on any atom is -0.278 e. The average Bonchev–Trinajstić information content (AvgIpc) is 2.88. The number of anilines is 1. The van der Waals surface area contributed by atoms with Crippen molar-refractivity contribution < 1.29 is 22.9 Å². The zero-order valence-corrected chi connectivity index (χ0v) is 14.2. The quantitative estimate of drug-likeness (QED) is 0.466. The Hall–Kier alpha value is -3.14. The first-order valence-corrected chi connectivity index (χ1v) is 8.23. The second kappa shape index (κ2) is 6.88. The highest BCUT2D eigenvalue weighted by Crippen LogP contribution is 2.38. The number of benzene rings is 2. The Kier molecular flexibility index (Phi) is 4.75. The third-order valence-electron chi connectivity index (χ3n) is 3.63. The van der Waals surface area contributed by atoms with E-state index in [0.29, 0.717) is 5.56 Å². The van der Waals surface area contributed by atoms with Gasteiger partial charge in [0, 0.05) is 12.1 Å². The number of nitro groups is 1. The highest BCUT2D eigenvalue weighted by Gasteiger charge is 2.36. The zero-order valence-electron chi connectivity index (χ0n) is 13.4. The minimum atomic E-state index is -4.57. The van der Waals surface area contributed by atoms with Gasteiger partial charge in [0.25, 0.3) is 11.6 Å². The number of carbonyl (C=O) groups is 1. The van der Waals surface area contributed by atoms with Crippen LogP contribution in [0, 0.1) is 15.5 Å². The number of non-ortho nitro benzene ring substituents is 1. The summed E-state index contributed by atoms with van der Waals surface area (Å²) in [6.07, 6.45) is -3.21. The number of hydrogen-bond donors (Lipinski definition) is 1. The Labute approximate surface area is 154 Å². The number of nitrogens with one attached hydrogen (secondary N) is 1. The number of rotatable bonds is 3.